The Labute approximate surface area is 187 Å². The van der Waals surface area contributed by atoms with E-state index in [1.165, 1.54) is 22.3 Å². The van der Waals surface area contributed by atoms with Gasteiger partial charge in [0.15, 0.2) is 12.6 Å². The number of aliphatic hydroxyl groups is 2. The fraction of sp³-hybridized carbons (Fsp3) is 0.913. The standard InChI is InChI=1S/C23H44N2O6/c1-20(2)11-16(12-21(3,4)24(20)28)15-30-18(26)9-10-19(27)31-17-13-22(5,6)25(29)23(7,8)14-17/h9-10,16-19,26-29H,11-15H2,1-8H3/b10-9+. The Bertz CT molecular complexity index is 598. The molecule has 31 heavy (non-hydrogen) atoms. The van der Waals surface area contributed by atoms with Gasteiger partial charge < -0.3 is 30.1 Å². The first kappa shape index (κ1) is 26.7. The van der Waals surface area contributed by atoms with Gasteiger partial charge in [0.05, 0.1) is 12.7 Å². The highest BCUT2D eigenvalue weighted by atomic mass is 16.6. The van der Waals surface area contributed by atoms with Crippen LogP contribution in [0, 0.1) is 5.92 Å². The molecule has 2 rings (SSSR count). The molecule has 2 fully saturated rings. The largest absolute Gasteiger partial charge is 0.365 e. The molecule has 2 saturated heterocycles. The van der Waals surface area contributed by atoms with Crippen molar-refractivity contribution in [2.75, 3.05) is 6.61 Å². The number of piperidine rings is 2. The lowest BCUT2D eigenvalue weighted by molar-refractivity contribution is -0.270. The van der Waals surface area contributed by atoms with E-state index in [9.17, 15) is 20.6 Å². The first-order valence-electron chi connectivity index (χ1n) is 11.3. The SMILES string of the molecule is CC1(C)CC(COC(O)/C=C/C(O)OC2CC(C)(C)N(O)C(C)(C)C2)CC(C)(C)N1O. The second-order valence-corrected chi connectivity index (χ2v) is 11.8. The van der Waals surface area contributed by atoms with Gasteiger partial charge >= 0.3 is 0 Å². The van der Waals surface area contributed by atoms with Crippen molar-refractivity contribution in [2.45, 2.75) is 122 Å². The molecule has 2 aliphatic heterocycles. The number of aliphatic hydroxyl groups excluding tert-OH is 2. The summed E-state index contributed by atoms with van der Waals surface area (Å²) in [5.74, 6) is 0.200. The first-order chi connectivity index (χ1) is 14.0. The third kappa shape index (κ3) is 6.71. The summed E-state index contributed by atoms with van der Waals surface area (Å²) >= 11 is 0. The Kier molecular flexibility index (Phi) is 8.04. The molecule has 2 atom stereocenters. The van der Waals surface area contributed by atoms with Gasteiger partial charge in [-0.3, -0.25) is 0 Å². The van der Waals surface area contributed by atoms with Crippen molar-refractivity contribution < 1.29 is 30.1 Å². The molecule has 182 valence electrons. The Morgan fingerprint density at radius 1 is 0.742 bits per heavy atom. The van der Waals surface area contributed by atoms with E-state index in [-0.39, 0.29) is 23.1 Å². The molecule has 0 bridgehead atoms. The minimum absolute atomic E-state index is 0.200. The van der Waals surface area contributed by atoms with Crippen LogP contribution in [-0.2, 0) is 9.47 Å². The summed E-state index contributed by atoms with van der Waals surface area (Å²) in [4.78, 5) is 0. The van der Waals surface area contributed by atoms with Crippen LogP contribution in [0.15, 0.2) is 12.2 Å². The van der Waals surface area contributed by atoms with Crippen molar-refractivity contribution in [3.8, 4) is 0 Å². The van der Waals surface area contributed by atoms with Crippen molar-refractivity contribution in [1.82, 2.24) is 10.1 Å². The quantitative estimate of drug-likeness (QED) is 0.350. The normalized spacial score (nSPS) is 29.3. The molecule has 0 aliphatic carbocycles. The van der Waals surface area contributed by atoms with E-state index in [1.54, 1.807) is 0 Å². The molecule has 0 aromatic carbocycles. The van der Waals surface area contributed by atoms with Crippen LogP contribution in [0.3, 0.4) is 0 Å². The lowest BCUT2D eigenvalue weighted by atomic mass is 9.75. The van der Waals surface area contributed by atoms with Crippen molar-refractivity contribution in [3.63, 3.8) is 0 Å². The lowest BCUT2D eigenvalue weighted by Gasteiger charge is -2.51. The minimum Gasteiger partial charge on any atom is -0.365 e. The molecular formula is C23H44N2O6. The Morgan fingerprint density at radius 3 is 1.58 bits per heavy atom. The summed E-state index contributed by atoms with van der Waals surface area (Å²) in [5.41, 5.74) is -1.67. The molecular weight excluding hydrogens is 400 g/mol. The van der Waals surface area contributed by atoms with Crippen LogP contribution in [0.1, 0.15) is 81.1 Å². The first-order valence-corrected chi connectivity index (χ1v) is 11.3. The van der Waals surface area contributed by atoms with E-state index in [0.717, 1.165) is 12.8 Å². The molecule has 4 N–H and O–H groups in total. The van der Waals surface area contributed by atoms with Crippen LogP contribution in [0.25, 0.3) is 0 Å². The summed E-state index contributed by atoms with van der Waals surface area (Å²) in [6.45, 7) is 16.1. The second kappa shape index (κ2) is 9.35. The molecule has 8 nitrogen and oxygen atoms in total. The highest BCUT2D eigenvalue weighted by Crippen LogP contribution is 2.40. The molecule has 2 unspecified atom stereocenters. The highest BCUT2D eigenvalue weighted by molar-refractivity contribution is 4.98. The fourth-order valence-electron chi connectivity index (χ4n) is 5.59. The molecule has 0 aromatic heterocycles. The predicted octanol–water partition coefficient (Wildman–Crippen LogP) is 3.28. The Balaban J connectivity index is 1.83. The average molecular weight is 445 g/mol. The molecule has 0 amide bonds. The van der Waals surface area contributed by atoms with Crippen LogP contribution < -0.4 is 0 Å². The van der Waals surface area contributed by atoms with E-state index in [0.29, 0.717) is 19.4 Å². The van der Waals surface area contributed by atoms with Gasteiger partial charge in [0.2, 0.25) is 0 Å². The molecule has 0 radical (unpaired) electrons. The van der Waals surface area contributed by atoms with E-state index >= 15 is 0 Å². The van der Waals surface area contributed by atoms with Gasteiger partial charge in [0.1, 0.15) is 0 Å². The Hall–Kier alpha value is -0.580. The molecule has 0 spiro atoms. The predicted molar refractivity (Wildman–Crippen MR) is 118 cm³/mol. The van der Waals surface area contributed by atoms with Gasteiger partial charge in [-0.1, -0.05) is 0 Å². The summed E-state index contributed by atoms with van der Waals surface area (Å²) < 4.78 is 11.3. The van der Waals surface area contributed by atoms with Crippen LogP contribution in [0.4, 0.5) is 0 Å². The monoisotopic (exact) mass is 444 g/mol. The van der Waals surface area contributed by atoms with Gasteiger partial charge in [-0.2, -0.15) is 10.1 Å². The van der Waals surface area contributed by atoms with E-state index in [4.69, 9.17) is 9.47 Å². The van der Waals surface area contributed by atoms with Crippen molar-refractivity contribution >= 4 is 0 Å². The zero-order chi connectivity index (χ0) is 23.8. The molecule has 0 aromatic rings. The third-order valence-electron chi connectivity index (χ3n) is 6.60. The summed E-state index contributed by atoms with van der Waals surface area (Å²) in [6, 6.07) is 0. The summed E-state index contributed by atoms with van der Waals surface area (Å²) in [5, 5.41) is 44.0. The third-order valence-corrected chi connectivity index (χ3v) is 6.60. The van der Waals surface area contributed by atoms with E-state index < -0.39 is 23.7 Å². The average Bonchev–Trinajstić information content (AvgIpc) is 2.59. The maximum atomic E-state index is 10.4. The number of hydroxylamine groups is 4. The number of nitrogens with zero attached hydrogens (tertiary/aromatic N) is 2. The lowest BCUT2D eigenvalue weighted by Crippen LogP contribution is -2.60. The minimum atomic E-state index is -1.17. The van der Waals surface area contributed by atoms with Gasteiger partial charge in [-0.15, -0.1) is 0 Å². The number of ether oxygens (including phenoxy) is 2. The van der Waals surface area contributed by atoms with Crippen LogP contribution >= 0.6 is 0 Å². The van der Waals surface area contributed by atoms with Gasteiger partial charge in [0.25, 0.3) is 0 Å². The topological polar surface area (TPSA) is 106 Å². The maximum absolute atomic E-state index is 10.4. The van der Waals surface area contributed by atoms with E-state index in [1.807, 2.05) is 55.4 Å². The molecule has 2 heterocycles. The summed E-state index contributed by atoms with van der Waals surface area (Å²) in [7, 11) is 0. The maximum Gasteiger partial charge on any atom is 0.174 e. The van der Waals surface area contributed by atoms with E-state index in [2.05, 4.69) is 0 Å². The number of rotatable bonds is 7. The smallest absolute Gasteiger partial charge is 0.174 e. The van der Waals surface area contributed by atoms with Gasteiger partial charge in [-0.05, 0) is 99.1 Å². The second-order valence-electron chi connectivity index (χ2n) is 11.8. The highest BCUT2D eigenvalue weighted by Gasteiger charge is 2.46. The van der Waals surface area contributed by atoms with Crippen molar-refractivity contribution in [1.29, 1.82) is 0 Å². The zero-order valence-electron chi connectivity index (χ0n) is 20.5. The van der Waals surface area contributed by atoms with Crippen molar-refractivity contribution in [2.24, 2.45) is 5.92 Å². The summed E-state index contributed by atoms with van der Waals surface area (Å²) in [6.07, 6.45) is 2.89. The molecule has 2 aliphatic rings. The zero-order valence-corrected chi connectivity index (χ0v) is 20.5. The van der Waals surface area contributed by atoms with Gasteiger partial charge in [0, 0.05) is 22.2 Å². The fourth-order valence-corrected chi connectivity index (χ4v) is 5.59. The number of hydrogen-bond donors (Lipinski definition) is 4. The Morgan fingerprint density at radius 2 is 1.13 bits per heavy atom. The molecule has 0 saturated carbocycles. The van der Waals surface area contributed by atoms with Crippen LogP contribution in [0.5, 0.6) is 0 Å². The van der Waals surface area contributed by atoms with Gasteiger partial charge in [-0.25, -0.2) is 0 Å². The van der Waals surface area contributed by atoms with Crippen LogP contribution in [-0.4, -0.2) is 78.2 Å². The molecule has 8 heteroatoms. The van der Waals surface area contributed by atoms with Crippen molar-refractivity contribution in [3.05, 3.63) is 12.2 Å². The van der Waals surface area contributed by atoms with Crippen LogP contribution in [0.2, 0.25) is 0 Å². The number of hydrogen-bond acceptors (Lipinski definition) is 8.